The molecule has 0 fully saturated rings. The number of carbonyl (C=O) groups is 2. The van der Waals surface area contributed by atoms with Crippen LogP contribution < -0.4 is 15.5 Å². The Balaban J connectivity index is 1.45. The van der Waals surface area contributed by atoms with Crippen LogP contribution in [0.2, 0.25) is 0 Å². The van der Waals surface area contributed by atoms with Crippen LogP contribution in [0.15, 0.2) is 84.9 Å². The number of aromatic nitrogens is 1. The van der Waals surface area contributed by atoms with Gasteiger partial charge in [0, 0.05) is 18.4 Å². The summed E-state index contributed by atoms with van der Waals surface area (Å²) in [4.78, 5) is 27.9. The first-order valence-corrected chi connectivity index (χ1v) is 10.5. The summed E-state index contributed by atoms with van der Waals surface area (Å²) in [6.07, 6.45) is -0.0345. The van der Waals surface area contributed by atoms with E-state index in [1.807, 2.05) is 48.5 Å². The molecule has 0 unspecified atom stereocenters. The van der Waals surface area contributed by atoms with Crippen LogP contribution in [0.4, 0.5) is 0 Å². The van der Waals surface area contributed by atoms with Crippen molar-refractivity contribution in [1.82, 2.24) is 15.8 Å². The lowest BCUT2D eigenvalue weighted by Gasteiger charge is -2.11. The molecular formula is C26H23N3O4. The summed E-state index contributed by atoms with van der Waals surface area (Å²) < 4.78 is 6.04. The number of amides is 2. The van der Waals surface area contributed by atoms with Crippen LogP contribution in [0, 0.1) is 0 Å². The summed E-state index contributed by atoms with van der Waals surface area (Å²) in [7, 11) is 0. The molecule has 0 aliphatic carbocycles. The number of nitrogens with one attached hydrogen (secondary N) is 2. The Kier molecular flexibility index (Phi) is 6.92. The van der Waals surface area contributed by atoms with Crippen molar-refractivity contribution in [2.45, 2.75) is 13.0 Å². The highest BCUT2D eigenvalue weighted by Gasteiger charge is 2.11. The van der Waals surface area contributed by atoms with Gasteiger partial charge in [0.15, 0.2) is 0 Å². The van der Waals surface area contributed by atoms with Crippen molar-refractivity contribution >= 4 is 22.7 Å². The number of ether oxygens (including phenoxy) is 1. The summed E-state index contributed by atoms with van der Waals surface area (Å²) >= 11 is 0. The molecule has 0 saturated heterocycles. The maximum Gasteiger partial charge on any atom is 0.269 e. The first kappa shape index (κ1) is 22.0. The second-order valence-electron chi connectivity index (χ2n) is 7.42. The van der Waals surface area contributed by atoms with Gasteiger partial charge in [-0.15, -0.1) is 0 Å². The number of carbonyl (C=O) groups excluding carboxylic acids is 2. The molecule has 0 radical (unpaired) electrons. The Morgan fingerprint density at radius 2 is 1.61 bits per heavy atom. The van der Waals surface area contributed by atoms with E-state index in [2.05, 4.69) is 34.6 Å². The summed E-state index contributed by atoms with van der Waals surface area (Å²) in [5, 5.41) is 12.0. The number of rotatable bonds is 8. The standard InChI is InChI=1S/C26H23N3O4/c30-24(29-32)15-16-27-26(31)22-14-13-21-7-4-8-23(25(21)28-22)33-17-18-9-11-20(12-10-18)19-5-2-1-3-6-19/h1-14,32H,15-17H2,(H,27,31)(H,29,30). The van der Waals surface area contributed by atoms with E-state index < -0.39 is 11.8 Å². The number of benzene rings is 3. The molecule has 166 valence electrons. The zero-order valence-electron chi connectivity index (χ0n) is 17.8. The molecule has 3 N–H and O–H groups in total. The number of hydrogen-bond donors (Lipinski definition) is 3. The minimum atomic E-state index is -0.575. The molecule has 1 aromatic heterocycles. The number of hydroxylamine groups is 1. The maximum atomic E-state index is 12.4. The zero-order chi connectivity index (χ0) is 23.0. The normalized spacial score (nSPS) is 10.6. The number of hydrogen-bond acceptors (Lipinski definition) is 5. The second kappa shape index (κ2) is 10.4. The van der Waals surface area contributed by atoms with Crippen molar-refractivity contribution in [3.63, 3.8) is 0 Å². The topological polar surface area (TPSA) is 101 Å². The Hall–Kier alpha value is -4.23. The summed E-state index contributed by atoms with van der Waals surface area (Å²) in [6.45, 7) is 0.449. The van der Waals surface area contributed by atoms with E-state index in [1.165, 1.54) is 5.48 Å². The van der Waals surface area contributed by atoms with Gasteiger partial charge in [-0.1, -0.05) is 72.8 Å². The zero-order valence-corrected chi connectivity index (χ0v) is 17.8. The predicted molar refractivity (Wildman–Crippen MR) is 125 cm³/mol. The lowest BCUT2D eigenvalue weighted by Crippen LogP contribution is -2.29. The van der Waals surface area contributed by atoms with Gasteiger partial charge in [0.05, 0.1) is 0 Å². The third kappa shape index (κ3) is 5.53. The van der Waals surface area contributed by atoms with Gasteiger partial charge < -0.3 is 10.1 Å². The lowest BCUT2D eigenvalue weighted by atomic mass is 10.0. The summed E-state index contributed by atoms with van der Waals surface area (Å²) in [6, 6.07) is 27.4. The average molecular weight is 441 g/mol. The van der Waals surface area contributed by atoms with Gasteiger partial charge in [-0.25, -0.2) is 10.5 Å². The molecule has 7 nitrogen and oxygen atoms in total. The van der Waals surface area contributed by atoms with Gasteiger partial charge in [0.25, 0.3) is 5.91 Å². The van der Waals surface area contributed by atoms with E-state index in [0.717, 1.165) is 22.1 Å². The molecule has 1 heterocycles. The van der Waals surface area contributed by atoms with Gasteiger partial charge in [0.2, 0.25) is 5.91 Å². The van der Waals surface area contributed by atoms with Crippen molar-refractivity contribution in [3.8, 4) is 16.9 Å². The number of fused-ring (bicyclic) bond motifs is 1. The fraction of sp³-hybridized carbons (Fsp3) is 0.115. The Labute approximate surface area is 191 Å². The van der Waals surface area contributed by atoms with Gasteiger partial charge in [-0.2, -0.15) is 0 Å². The van der Waals surface area contributed by atoms with E-state index in [-0.39, 0.29) is 18.7 Å². The van der Waals surface area contributed by atoms with Crippen LogP contribution in [-0.2, 0) is 11.4 Å². The van der Waals surface area contributed by atoms with Crippen molar-refractivity contribution in [3.05, 3.63) is 96.2 Å². The summed E-state index contributed by atoms with van der Waals surface area (Å²) in [5.41, 5.74) is 5.64. The van der Waals surface area contributed by atoms with E-state index in [1.54, 1.807) is 12.1 Å². The highest BCUT2D eigenvalue weighted by atomic mass is 16.5. The van der Waals surface area contributed by atoms with E-state index in [9.17, 15) is 9.59 Å². The monoisotopic (exact) mass is 441 g/mol. The van der Waals surface area contributed by atoms with Gasteiger partial charge >= 0.3 is 0 Å². The smallest absolute Gasteiger partial charge is 0.269 e. The minimum absolute atomic E-state index is 0.0345. The van der Waals surface area contributed by atoms with Gasteiger partial charge in [0.1, 0.15) is 23.6 Å². The molecule has 4 rings (SSSR count). The molecule has 2 amide bonds. The average Bonchev–Trinajstić information content (AvgIpc) is 2.87. The summed E-state index contributed by atoms with van der Waals surface area (Å²) in [5.74, 6) is -0.405. The molecule has 0 bridgehead atoms. The molecule has 0 aliphatic heterocycles. The number of nitrogens with zero attached hydrogens (tertiary/aromatic N) is 1. The van der Waals surface area contributed by atoms with E-state index >= 15 is 0 Å². The largest absolute Gasteiger partial charge is 0.487 e. The Morgan fingerprint density at radius 1 is 0.848 bits per heavy atom. The molecule has 0 spiro atoms. The highest BCUT2D eigenvalue weighted by molar-refractivity contribution is 5.96. The fourth-order valence-electron chi connectivity index (χ4n) is 3.38. The van der Waals surface area contributed by atoms with Gasteiger partial charge in [-0.3, -0.25) is 14.8 Å². The molecule has 0 aliphatic rings. The molecule has 33 heavy (non-hydrogen) atoms. The van der Waals surface area contributed by atoms with Crippen molar-refractivity contribution in [2.75, 3.05) is 6.54 Å². The van der Waals surface area contributed by atoms with Crippen molar-refractivity contribution in [2.24, 2.45) is 0 Å². The molecule has 3 aromatic carbocycles. The number of para-hydroxylation sites is 1. The SMILES string of the molecule is O=C(CCNC(=O)c1ccc2cccc(OCc3ccc(-c4ccccc4)cc3)c2n1)NO. The van der Waals surface area contributed by atoms with Crippen molar-refractivity contribution < 1.29 is 19.5 Å². The van der Waals surface area contributed by atoms with E-state index in [0.29, 0.717) is 17.9 Å². The first-order chi connectivity index (χ1) is 16.1. The Morgan fingerprint density at radius 3 is 2.36 bits per heavy atom. The highest BCUT2D eigenvalue weighted by Crippen LogP contribution is 2.25. The van der Waals surface area contributed by atoms with Crippen LogP contribution in [-0.4, -0.2) is 28.6 Å². The van der Waals surface area contributed by atoms with Crippen LogP contribution in [0.5, 0.6) is 5.75 Å². The van der Waals surface area contributed by atoms with Gasteiger partial charge in [-0.05, 0) is 28.8 Å². The third-order valence-corrected chi connectivity index (χ3v) is 5.13. The molecule has 0 atom stereocenters. The quantitative estimate of drug-likeness (QED) is 0.282. The van der Waals surface area contributed by atoms with Crippen LogP contribution in [0.3, 0.4) is 0 Å². The predicted octanol–water partition coefficient (Wildman–Crippen LogP) is 4.11. The molecule has 0 saturated carbocycles. The third-order valence-electron chi connectivity index (χ3n) is 5.13. The van der Waals surface area contributed by atoms with Crippen LogP contribution in [0.1, 0.15) is 22.5 Å². The fourth-order valence-corrected chi connectivity index (χ4v) is 3.38. The lowest BCUT2D eigenvalue weighted by molar-refractivity contribution is -0.129. The maximum absolute atomic E-state index is 12.4. The molecular weight excluding hydrogens is 418 g/mol. The number of pyridine rings is 1. The molecule has 4 aromatic rings. The van der Waals surface area contributed by atoms with E-state index in [4.69, 9.17) is 9.94 Å². The van der Waals surface area contributed by atoms with Crippen molar-refractivity contribution in [1.29, 1.82) is 0 Å². The second-order valence-corrected chi connectivity index (χ2v) is 7.42. The first-order valence-electron chi connectivity index (χ1n) is 10.5. The minimum Gasteiger partial charge on any atom is -0.487 e. The molecule has 7 heteroatoms. The Bertz CT molecular complexity index is 1260. The van der Waals surface area contributed by atoms with Crippen LogP contribution in [0.25, 0.3) is 22.0 Å². The van der Waals surface area contributed by atoms with Crippen LogP contribution >= 0.6 is 0 Å².